The van der Waals surface area contributed by atoms with Crippen LogP contribution in [-0.4, -0.2) is 9.78 Å². The van der Waals surface area contributed by atoms with Crippen molar-refractivity contribution in [1.82, 2.24) is 9.78 Å². The van der Waals surface area contributed by atoms with E-state index in [2.05, 4.69) is 5.10 Å². The maximum Gasteiger partial charge on any atom is 0.214 e. The molecule has 0 atom stereocenters. The van der Waals surface area contributed by atoms with Gasteiger partial charge in [-0.2, -0.15) is 9.49 Å². The minimum absolute atomic E-state index is 0.216. The molecule has 0 bridgehead atoms. The summed E-state index contributed by atoms with van der Waals surface area (Å²) in [5.41, 5.74) is 0.683. The molecule has 0 aromatic carbocycles. The number of aryl methyl sites for hydroxylation is 1. The van der Waals surface area contributed by atoms with E-state index in [1.54, 1.807) is 13.2 Å². The van der Waals surface area contributed by atoms with Gasteiger partial charge in [0.25, 0.3) is 0 Å². The molecule has 0 aliphatic heterocycles. The highest BCUT2D eigenvalue weighted by Gasteiger charge is 2.09. The van der Waals surface area contributed by atoms with Crippen LogP contribution in [0.5, 0.6) is 0 Å². The Bertz CT molecular complexity index is 228. The molecule has 1 heterocycles. The van der Waals surface area contributed by atoms with Crippen molar-refractivity contribution in [3.05, 3.63) is 17.7 Å². The van der Waals surface area contributed by atoms with Crippen molar-refractivity contribution in [3.63, 3.8) is 0 Å². The lowest BCUT2D eigenvalue weighted by Crippen LogP contribution is -1.96. The standard InChI is InChI=1S/C7H11FN2/c1-5(2)6-4-9-10(3)7(6)8/h4-5H,1-3H3. The van der Waals surface area contributed by atoms with Crippen molar-refractivity contribution in [2.75, 3.05) is 0 Å². The number of hydrogen-bond acceptors (Lipinski definition) is 1. The van der Waals surface area contributed by atoms with Crippen molar-refractivity contribution >= 4 is 0 Å². The highest BCUT2D eigenvalue weighted by Crippen LogP contribution is 2.15. The van der Waals surface area contributed by atoms with Crippen LogP contribution in [0.3, 0.4) is 0 Å². The topological polar surface area (TPSA) is 17.8 Å². The first-order valence-corrected chi connectivity index (χ1v) is 3.30. The average Bonchev–Trinajstić information content (AvgIpc) is 2.14. The Morgan fingerprint density at radius 1 is 1.60 bits per heavy atom. The lowest BCUT2D eigenvalue weighted by Gasteiger charge is -1.98. The number of halogens is 1. The first kappa shape index (κ1) is 7.25. The Morgan fingerprint density at radius 3 is 2.40 bits per heavy atom. The van der Waals surface area contributed by atoms with Gasteiger partial charge in [-0.3, -0.25) is 0 Å². The van der Waals surface area contributed by atoms with E-state index in [4.69, 9.17) is 0 Å². The molecule has 0 aliphatic carbocycles. The molecule has 1 aromatic heterocycles. The lowest BCUT2D eigenvalue weighted by atomic mass is 10.1. The zero-order valence-corrected chi connectivity index (χ0v) is 6.43. The minimum atomic E-state index is -0.227. The first-order chi connectivity index (χ1) is 4.63. The molecular weight excluding hydrogens is 131 g/mol. The zero-order valence-electron chi connectivity index (χ0n) is 6.43. The first-order valence-electron chi connectivity index (χ1n) is 3.30. The predicted octanol–water partition coefficient (Wildman–Crippen LogP) is 1.68. The van der Waals surface area contributed by atoms with Gasteiger partial charge < -0.3 is 0 Å². The van der Waals surface area contributed by atoms with Gasteiger partial charge in [-0.15, -0.1) is 0 Å². The average molecular weight is 142 g/mol. The number of nitrogens with zero attached hydrogens (tertiary/aromatic N) is 2. The molecule has 0 fully saturated rings. The molecule has 0 unspecified atom stereocenters. The quantitative estimate of drug-likeness (QED) is 0.583. The van der Waals surface area contributed by atoms with E-state index in [0.717, 1.165) is 0 Å². The Labute approximate surface area is 59.7 Å². The number of aromatic nitrogens is 2. The summed E-state index contributed by atoms with van der Waals surface area (Å²) in [5.74, 6) is -0.0105. The van der Waals surface area contributed by atoms with E-state index in [9.17, 15) is 4.39 Å². The molecule has 3 heteroatoms. The smallest absolute Gasteiger partial charge is 0.214 e. The van der Waals surface area contributed by atoms with Crippen LogP contribution >= 0.6 is 0 Å². The van der Waals surface area contributed by atoms with Gasteiger partial charge >= 0.3 is 0 Å². The summed E-state index contributed by atoms with van der Waals surface area (Å²) in [7, 11) is 1.60. The maximum absolute atomic E-state index is 12.9. The summed E-state index contributed by atoms with van der Waals surface area (Å²) in [6, 6.07) is 0. The van der Waals surface area contributed by atoms with E-state index in [1.165, 1.54) is 4.68 Å². The Morgan fingerprint density at radius 2 is 2.20 bits per heavy atom. The third-order valence-electron chi connectivity index (χ3n) is 1.51. The molecular formula is C7H11FN2. The fourth-order valence-corrected chi connectivity index (χ4v) is 0.827. The third kappa shape index (κ3) is 1.03. The molecule has 0 radical (unpaired) electrons. The summed E-state index contributed by atoms with van der Waals surface area (Å²) < 4.78 is 14.2. The summed E-state index contributed by atoms with van der Waals surface area (Å²) in [5, 5.41) is 3.78. The van der Waals surface area contributed by atoms with Crippen molar-refractivity contribution in [2.45, 2.75) is 19.8 Å². The number of hydrogen-bond donors (Lipinski definition) is 0. The van der Waals surface area contributed by atoms with E-state index in [1.807, 2.05) is 13.8 Å². The van der Waals surface area contributed by atoms with Gasteiger partial charge in [-0.05, 0) is 5.92 Å². The van der Waals surface area contributed by atoms with Gasteiger partial charge in [-0.1, -0.05) is 13.8 Å². The zero-order chi connectivity index (χ0) is 7.72. The summed E-state index contributed by atoms with van der Waals surface area (Å²) in [4.78, 5) is 0. The van der Waals surface area contributed by atoms with Crippen molar-refractivity contribution in [2.24, 2.45) is 7.05 Å². The number of rotatable bonds is 1. The second-order valence-corrected chi connectivity index (χ2v) is 2.67. The predicted molar refractivity (Wildman–Crippen MR) is 37.3 cm³/mol. The van der Waals surface area contributed by atoms with Crippen LogP contribution < -0.4 is 0 Å². The molecule has 56 valence electrons. The fraction of sp³-hybridized carbons (Fsp3) is 0.571. The van der Waals surface area contributed by atoms with Crippen LogP contribution in [0.15, 0.2) is 6.20 Å². The van der Waals surface area contributed by atoms with Gasteiger partial charge in [0.05, 0.1) is 6.20 Å². The van der Waals surface area contributed by atoms with Gasteiger partial charge in [0.15, 0.2) is 0 Å². The van der Waals surface area contributed by atoms with Gasteiger partial charge in [0.2, 0.25) is 5.95 Å². The normalized spacial score (nSPS) is 10.9. The third-order valence-corrected chi connectivity index (χ3v) is 1.51. The maximum atomic E-state index is 12.9. The summed E-state index contributed by atoms with van der Waals surface area (Å²) in [6.07, 6.45) is 1.57. The molecule has 0 saturated carbocycles. The van der Waals surface area contributed by atoms with Gasteiger partial charge in [0, 0.05) is 12.6 Å². The minimum Gasteiger partial charge on any atom is -0.243 e. The molecule has 0 aliphatic rings. The Hall–Kier alpha value is -0.860. The molecule has 0 spiro atoms. The van der Waals surface area contributed by atoms with Gasteiger partial charge in [-0.25, -0.2) is 4.68 Å². The molecule has 0 N–H and O–H groups in total. The van der Waals surface area contributed by atoms with E-state index < -0.39 is 0 Å². The Balaban J connectivity index is 3.05. The fourth-order valence-electron chi connectivity index (χ4n) is 0.827. The molecule has 0 saturated heterocycles. The van der Waals surface area contributed by atoms with Crippen LogP contribution in [0, 0.1) is 5.95 Å². The van der Waals surface area contributed by atoms with Crippen LogP contribution in [0.2, 0.25) is 0 Å². The molecule has 0 amide bonds. The van der Waals surface area contributed by atoms with Crippen LogP contribution in [0.1, 0.15) is 25.3 Å². The lowest BCUT2D eigenvalue weighted by molar-refractivity contribution is 0.490. The monoisotopic (exact) mass is 142 g/mol. The van der Waals surface area contributed by atoms with Crippen LogP contribution in [-0.2, 0) is 7.05 Å². The second kappa shape index (κ2) is 2.40. The van der Waals surface area contributed by atoms with Crippen molar-refractivity contribution < 1.29 is 4.39 Å². The molecule has 1 rings (SSSR count). The molecule has 10 heavy (non-hydrogen) atoms. The van der Waals surface area contributed by atoms with Crippen molar-refractivity contribution in [3.8, 4) is 0 Å². The molecule has 2 nitrogen and oxygen atoms in total. The highest BCUT2D eigenvalue weighted by atomic mass is 19.1. The second-order valence-electron chi connectivity index (χ2n) is 2.67. The SMILES string of the molecule is CC(C)c1cnn(C)c1F. The highest BCUT2D eigenvalue weighted by molar-refractivity contribution is 5.10. The van der Waals surface area contributed by atoms with Crippen LogP contribution in [0.4, 0.5) is 4.39 Å². The molecule has 1 aromatic rings. The van der Waals surface area contributed by atoms with Crippen molar-refractivity contribution in [1.29, 1.82) is 0 Å². The largest absolute Gasteiger partial charge is 0.243 e. The van der Waals surface area contributed by atoms with E-state index in [-0.39, 0.29) is 11.9 Å². The van der Waals surface area contributed by atoms with E-state index >= 15 is 0 Å². The van der Waals surface area contributed by atoms with Gasteiger partial charge in [0.1, 0.15) is 0 Å². The summed E-state index contributed by atoms with van der Waals surface area (Å²) in [6.45, 7) is 3.89. The Kier molecular flexibility index (Phi) is 1.74. The van der Waals surface area contributed by atoms with Crippen LogP contribution in [0.25, 0.3) is 0 Å². The summed E-state index contributed by atoms with van der Waals surface area (Å²) >= 11 is 0. The van der Waals surface area contributed by atoms with E-state index in [0.29, 0.717) is 5.56 Å².